The van der Waals surface area contributed by atoms with Crippen LogP contribution >= 0.6 is 24.0 Å². The number of halogens is 1. The zero-order chi connectivity index (χ0) is 18.1. The number of hydrogen-bond donors (Lipinski definition) is 2. The summed E-state index contributed by atoms with van der Waals surface area (Å²) in [6.07, 6.45) is 0.998. The monoisotopic (exact) mass is 474 g/mol. The van der Waals surface area contributed by atoms with Crippen molar-refractivity contribution in [3.05, 3.63) is 35.4 Å². The van der Waals surface area contributed by atoms with E-state index in [0.717, 1.165) is 51.8 Å². The maximum atomic E-state index is 5.48. The van der Waals surface area contributed by atoms with Crippen molar-refractivity contribution in [1.29, 1.82) is 0 Å². The van der Waals surface area contributed by atoms with Crippen molar-refractivity contribution in [2.45, 2.75) is 33.2 Å². The lowest BCUT2D eigenvalue weighted by atomic mass is 10.0. The third kappa shape index (κ3) is 7.80. The highest BCUT2D eigenvalue weighted by Crippen LogP contribution is 2.12. The molecule has 1 fully saturated rings. The molecule has 1 aromatic rings. The number of nitrogens with one attached hydrogen (secondary N) is 2. The van der Waals surface area contributed by atoms with Gasteiger partial charge in [-0.15, -0.1) is 24.0 Å². The molecule has 0 aromatic heterocycles. The zero-order valence-corrected chi connectivity index (χ0v) is 19.0. The predicted molar refractivity (Wildman–Crippen MR) is 121 cm³/mol. The Hall–Kier alpha value is -0.860. The third-order valence-electron chi connectivity index (χ3n) is 4.81. The van der Waals surface area contributed by atoms with Crippen molar-refractivity contribution in [1.82, 2.24) is 15.5 Å². The van der Waals surface area contributed by atoms with E-state index in [0.29, 0.717) is 12.0 Å². The highest BCUT2D eigenvalue weighted by molar-refractivity contribution is 14.0. The van der Waals surface area contributed by atoms with Gasteiger partial charge in [-0.2, -0.15) is 0 Å². The van der Waals surface area contributed by atoms with Crippen LogP contribution in [0.3, 0.4) is 0 Å². The van der Waals surface area contributed by atoms with Gasteiger partial charge >= 0.3 is 0 Å². The number of nitrogens with zero attached hydrogens (tertiary/aromatic N) is 2. The van der Waals surface area contributed by atoms with Gasteiger partial charge < -0.3 is 15.4 Å². The average molecular weight is 474 g/mol. The first kappa shape index (κ1) is 23.2. The van der Waals surface area contributed by atoms with Crippen LogP contribution < -0.4 is 10.6 Å². The number of aryl methyl sites for hydroxylation is 1. The molecule has 148 valence electrons. The molecule has 2 N–H and O–H groups in total. The Morgan fingerprint density at radius 1 is 1.15 bits per heavy atom. The van der Waals surface area contributed by atoms with E-state index in [1.165, 1.54) is 11.1 Å². The van der Waals surface area contributed by atoms with Crippen LogP contribution in [0.2, 0.25) is 0 Å². The molecular formula is C20H35IN4O. The SMILES string of the molecule is CN=C(NCCc1ccc(C)cc1)NCC(C(C)C)N1CCOCC1.I. The summed E-state index contributed by atoms with van der Waals surface area (Å²) in [5, 5.41) is 6.93. The average Bonchev–Trinajstić information content (AvgIpc) is 2.62. The first-order chi connectivity index (χ1) is 12.1. The number of ether oxygens (including phenoxy) is 1. The van der Waals surface area contributed by atoms with E-state index in [1.807, 2.05) is 7.05 Å². The lowest BCUT2D eigenvalue weighted by molar-refractivity contribution is 0.00752. The van der Waals surface area contributed by atoms with Crippen LogP contribution in [0.4, 0.5) is 0 Å². The van der Waals surface area contributed by atoms with Crippen LogP contribution in [-0.2, 0) is 11.2 Å². The first-order valence-corrected chi connectivity index (χ1v) is 9.42. The summed E-state index contributed by atoms with van der Waals surface area (Å²) < 4.78 is 5.48. The Balaban J connectivity index is 0.00000338. The Bertz CT molecular complexity index is 527. The van der Waals surface area contributed by atoms with Crippen LogP contribution in [0.5, 0.6) is 0 Å². The minimum absolute atomic E-state index is 0. The van der Waals surface area contributed by atoms with E-state index < -0.39 is 0 Å². The van der Waals surface area contributed by atoms with Crippen LogP contribution in [0.25, 0.3) is 0 Å². The van der Waals surface area contributed by atoms with Crippen LogP contribution in [0.1, 0.15) is 25.0 Å². The van der Waals surface area contributed by atoms with Gasteiger partial charge in [0, 0.05) is 39.3 Å². The van der Waals surface area contributed by atoms with Crippen molar-refractivity contribution in [3.63, 3.8) is 0 Å². The number of hydrogen-bond acceptors (Lipinski definition) is 3. The first-order valence-electron chi connectivity index (χ1n) is 9.42. The molecule has 0 saturated carbocycles. The molecule has 1 aliphatic rings. The lowest BCUT2D eigenvalue weighted by Gasteiger charge is -2.37. The molecule has 1 atom stereocenters. The molecule has 5 nitrogen and oxygen atoms in total. The third-order valence-corrected chi connectivity index (χ3v) is 4.81. The van der Waals surface area contributed by atoms with E-state index in [-0.39, 0.29) is 24.0 Å². The maximum absolute atomic E-state index is 5.48. The van der Waals surface area contributed by atoms with Gasteiger partial charge in [0.25, 0.3) is 0 Å². The van der Waals surface area contributed by atoms with Crippen molar-refractivity contribution in [2.24, 2.45) is 10.9 Å². The number of benzene rings is 1. The number of morpholine rings is 1. The summed E-state index contributed by atoms with van der Waals surface area (Å²) in [5.74, 6) is 1.47. The summed E-state index contributed by atoms with van der Waals surface area (Å²) in [7, 11) is 1.83. The number of aliphatic imine (C=N–C) groups is 1. The van der Waals surface area contributed by atoms with Gasteiger partial charge in [-0.1, -0.05) is 43.7 Å². The lowest BCUT2D eigenvalue weighted by Crippen LogP contribution is -2.52. The van der Waals surface area contributed by atoms with Crippen molar-refractivity contribution in [2.75, 3.05) is 46.4 Å². The van der Waals surface area contributed by atoms with E-state index in [9.17, 15) is 0 Å². The van der Waals surface area contributed by atoms with Gasteiger partial charge in [-0.05, 0) is 24.8 Å². The van der Waals surface area contributed by atoms with Gasteiger partial charge in [0.15, 0.2) is 5.96 Å². The smallest absolute Gasteiger partial charge is 0.191 e. The molecule has 6 heteroatoms. The topological polar surface area (TPSA) is 48.9 Å². The molecule has 1 aliphatic heterocycles. The molecule has 1 heterocycles. The van der Waals surface area contributed by atoms with Crippen molar-refractivity contribution >= 4 is 29.9 Å². The van der Waals surface area contributed by atoms with Gasteiger partial charge in [-0.3, -0.25) is 9.89 Å². The summed E-state index contributed by atoms with van der Waals surface area (Å²) >= 11 is 0. The standard InChI is InChI=1S/C20H34N4O.HI/c1-16(2)19(24-11-13-25-14-12-24)15-23-20(21-4)22-10-9-18-7-5-17(3)6-8-18;/h5-8,16,19H,9-15H2,1-4H3,(H2,21,22,23);1H. The summed E-state index contributed by atoms with van der Waals surface area (Å²) in [6, 6.07) is 9.22. The van der Waals surface area contributed by atoms with E-state index in [2.05, 4.69) is 65.6 Å². The number of guanidine groups is 1. The van der Waals surface area contributed by atoms with Crippen LogP contribution in [0.15, 0.2) is 29.3 Å². The Morgan fingerprint density at radius 3 is 2.38 bits per heavy atom. The molecule has 1 aromatic carbocycles. The Kier molecular flexibility index (Phi) is 11.2. The summed E-state index contributed by atoms with van der Waals surface area (Å²) in [6.45, 7) is 12.2. The minimum Gasteiger partial charge on any atom is -0.379 e. The fraction of sp³-hybridized carbons (Fsp3) is 0.650. The highest BCUT2D eigenvalue weighted by Gasteiger charge is 2.23. The molecular weight excluding hydrogens is 439 g/mol. The molecule has 0 radical (unpaired) electrons. The molecule has 0 spiro atoms. The molecule has 26 heavy (non-hydrogen) atoms. The second-order valence-corrected chi connectivity index (χ2v) is 7.08. The van der Waals surface area contributed by atoms with E-state index in [4.69, 9.17) is 4.74 Å². The fourth-order valence-electron chi connectivity index (χ4n) is 3.20. The largest absolute Gasteiger partial charge is 0.379 e. The van der Waals surface area contributed by atoms with Gasteiger partial charge in [0.2, 0.25) is 0 Å². The fourth-order valence-corrected chi connectivity index (χ4v) is 3.20. The quantitative estimate of drug-likeness (QED) is 0.363. The Morgan fingerprint density at radius 2 is 1.81 bits per heavy atom. The summed E-state index contributed by atoms with van der Waals surface area (Å²) in [4.78, 5) is 6.89. The number of rotatable bonds is 7. The second-order valence-electron chi connectivity index (χ2n) is 7.08. The minimum atomic E-state index is 0. The molecule has 0 bridgehead atoms. The predicted octanol–water partition coefficient (Wildman–Crippen LogP) is 2.68. The second kappa shape index (κ2) is 12.5. The highest BCUT2D eigenvalue weighted by atomic mass is 127. The van der Waals surface area contributed by atoms with E-state index in [1.54, 1.807) is 0 Å². The van der Waals surface area contributed by atoms with Crippen molar-refractivity contribution in [3.8, 4) is 0 Å². The molecule has 0 amide bonds. The van der Waals surface area contributed by atoms with Crippen LogP contribution in [0, 0.1) is 12.8 Å². The summed E-state index contributed by atoms with van der Waals surface area (Å²) in [5.41, 5.74) is 2.65. The van der Waals surface area contributed by atoms with Crippen LogP contribution in [-0.4, -0.2) is 63.3 Å². The normalized spacial score (nSPS) is 16.9. The molecule has 1 saturated heterocycles. The van der Waals surface area contributed by atoms with Gasteiger partial charge in [0.05, 0.1) is 13.2 Å². The maximum Gasteiger partial charge on any atom is 0.191 e. The van der Waals surface area contributed by atoms with Gasteiger partial charge in [0.1, 0.15) is 0 Å². The zero-order valence-electron chi connectivity index (χ0n) is 16.6. The van der Waals surface area contributed by atoms with Gasteiger partial charge in [-0.25, -0.2) is 0 Å². The Labute approximate surface area is 176 Å². The van der Waals surface area contributed by atoms with Crippen molar-refractivity contribution < 1.29 is 4.74 Å². The molecule has 2 rings (SSSR count). The van der Waals surface area contributed by atoms with E-state index >= 15 is 0 Å². The molecule has 0 aliphatic carbocycles. The molecule has 1 unspecified atom stereocenters.